The monoisotopic (exact) mass is 368 g/mol. The molecule has 0 aromatic heterocycles. The molecule has 0 radical (unpaired) electrons. The summed E-state index contributed by atoms with van der Waals surface area (Å²) in [6.45, 7) is 2.00. The van der Waals surface area contributed by atoms with Crippen LogP contribution in [0.2, 0.25) is 0 Å². The second kappa shape index (κ2) is 7.29. The van der Waals surface area contributed by atoms with E-state index in [1.165, 1.54) is 0 Å². The van der Waals surface area contributed by atoms with Crippen LogP contribution in [0.5, 0.6) is 0 Å². The van der Waals surface area contributed by atoms with E-state index in [4.69, 9.17) is 9.47 Å². The second-order valence-corrected chi connectivity index (χ2v) is 7.72. The first kappa shape index (κ1) is 18.0. The first-order chi connectivity index (χ1) is 13.1. The van der Waals surface area contributed by atoms with Crippen LogP contribution in [0.15, 0.2) is 42.5 Å². The van der Waals surface area contributed by atoms with Crippen molar-refractivity contribution in [2.75, 3.05) is 13.2 Å². The molecule has 0 amide bonds. The van der Waals surface area contributed by atoms with E-state index in [0.717, 1.165) is 12.8 Å². The molecule has 1 aromatic rings. The van der Waals surface area contributed by atoms with Crippen LogP contribution >= 0.6 is 0 Å². The molecule has 0 spiro atoms. The molecule has 2 saturated carbocycles. The topological polar surface area (TPSA) is 69.7 Å². The number of ether oxygens (including phenoxy) is 2. The molecular weight excluding hydrogens is 344 g/mol. The molecule has 0 heterocycles. The Morgan fingerprint density at radius 2 is 1.52 bits per heavy atom. The number of rotatable bonds is 7. The van der Waals surface area contributed by atoms with Gasteiger partial charge in [-0.15, -0.1) is 0 Å². The third-order valence-corrected chi connectivity index (χ3v) is 6.09. The molecule has 1 aromatic carbocycles. The van der Waals surface area contributed by atoms with Crippen LogP contribution in [0.4, 0.5) is 0 Å². The van der Waals surface area contributed by atoms with Crippen LogP contribution in [0.1, 0.15) is 30.1 Å². The molecule has 0 N–H and O–H groups in total. The second-order valence-electron chi connectivity index (χ2n) is 7.72. The number of hydrogen-bond donors (Lipinski definition) is 0. The molecule has 4 aliphatic carbocycles. The van der Waals surface area contributed by atoms with E-state index in [1.807, 2.05) is 13.0 Å². The molecule has 5 heteroatoms. The fourth-order valence-electron chi connectivity index (χ4n) is 4.76. The highest BCUT2D eigenvalue weighted by Crippen LogP contribution is 2.63. The van der Waals surface area contributed by atoms with Gasteiger partial charge in [-0.1, -0.05) is 49.4 Å². The first-order valence-electron chi connectivity index (χ1n) is 9.71. The van der Waals surface area contributed by atoms with Crippen molar-refractivity contribution in [3.63, 3.8) is 0 Å². The summed E-state index contributed by atoms with van der Waals surface area (Å²) in [4.78, 5) is 37.8. The molecule has 5 nitrogen and oxygen atoms in total. The number of carbonyl (C=O) groups excluding carboxylic acids is 3. The largest absolute Gasteiger partial charge is 0.465 e. The highest BCUT2D eigenvalue weighted by atomic mass is 16.5. The molecule has 2 fully saturated rings. The lowest BCUT2D eigenvalue weighted by molar-refractivity contribution is -0.167. The number of carbonyl (C=O) groups is 3. The number of Topliss-reactive ketones (excluding diaryl/α,β-unsaturated/α-hetero) is 1. The molecule has 0 unspecified atom stereocenters. The number of ketones is 1. The van der Waals surface area contributed by atoms with E-state index in [-0.39, 0.29) is 30.2 Å². The molecule has 2 bridgehead atoms. The summed E-state index contributed by atoms with van der Waals surface area (Å²) in [6.07, 6.45) is 5.94. The molecule has 142 valence electrons. The van der Waals surface area contributed by atoms with Gasteiger partial charge >= 0.3 is 11.9 Å². The van der Waals surface area contributed by atoms with Gasteiger partial charge in [0.15, 0.2) is 12.4 Å². The summed E-state index contributed by atoms with van der Waals surface area (Å²) < 4.78 is 10.7. The van der Waals surface area contributed by atoms with Crippen molar-refractivity contribution in [2.45, 2.75) is 19.8 Å². The standard InChI is InChI=1S/C22H24O5/c1-2-10-26-21(24)19-14-8-9-15(17-11-16(14)17)20(19)22(25)27-12-18(23)13-6-4-3-5-7-13/h3-9,14-17,19-20H,2,10-12H2,1H3/t14-,15+,16-,17+,19+,20+/m1/s1. The SMILES string of the molecule is CCCOC(=O)[C@H]1[C@@H]2C=C[C@@H]([C@@H]3C[C@H]23)[C@@H]1C(=O)OCC(=O)c1ccccc1. The van der Waals surface area contributed by atoms with Gasteiger partial charge in [0.2, 0.25) is 0 Å². The van der Waals surface area contributed by atoms with Gasteiger partial charge in [0, 0.05) is 5.56 Å². The first-order valence-corrected chi connectivity index (χ1v) is 9.71. The third-order valence-electron chi connectivity index (χ3n) is 6.09. The van der Waals surface area contributed by atoms with Crippen molar-refractivity contribution in [3.8, 4) is 0 Å². The zero-order chi connectivity index (χ0) is 19.0. The van der Waals surface area contributed by atoms with Gasteiger partial charge < -0.3 is 9.47 Å². The van der Waals surface area contributed by atoms with Crippen molar-refractivity contribution in [1.29, 1.82) is 0 Å². The zero-order valence-corrected chi connectivity index (χ0v) is 15.4. The maximum Gasteiger partial charge on any atom is 0.310 e. The number of benzene rings is 1. The van der Waals surface area contributed by atoms with E-state index in [2.05, 4.69) is 12.2 Å². The Hall–Kier alpha value is -2.43. The summed E-state index contributed by atoms with van der Waals surface area (Å²) >= 11 is 0. The van der Waals surface area contributed by atoms with Gasteiger partial charge in [-0.25, -0.2) is 0 Å². The Balaban J connectivity index is 1.46. The third kappa shape index (κ3) is 3.31. The van der Waals surface area contributed by atoms with Crippen molar-refractivity contribution < 1.29 is 23.9 Å². The predicted octanol–water partition coefficient (Wildman–Crippen LogP) is 3.05. The summed E-state index contributed by atoms with van der Waals surface area (Å²) in [5.74, 6) is -1.04. The molecular formula is C22H24O5. The molecule has 5 rings (SSSR count). The maximum absolute atomic E-state index is 12.9. The molecule has 27 heavy (non-hydrogen) atoms. The van der Waals surface area contributed by atoms with E-state index in [1.54, 1.807) is 24.3 Å². The normalized spacial score (nSPS) is 32.5. The molecule has 0 saturated heterocycles. The summed E-state index contributed by atoms with van der Waals surface area (Å²) in [5.41, 5.74) is 0.511. The van der Waals surface area contributed by atoms with E-state index < -0.39 is 17.8 Å². The fraction of sp³-hybridized carbons (Fsp3) is 0.500. The van der Waals surface area contributed by atoms with Crippen molar-refractivity contribution in [2.24, 2.45) is 35.5 Å². The fourth-order valence-corrected chi connectivity index (χ4v) is 4.76. The number of hydrogen-bond acceptors (Lipinski definition) is 5. The van der Waals surface area contributed by atoms with Gasteiger partial charge in [-0.2, -0.15) is 0 Å². The molecule has 0 aliphatic heterocycles. The lowest BCUT2D eigenvalue weighted by atomic mass is 9.62. The van der Waals surface area contributed by atoms with Crippen LogP contribution in [0.3, 0.4) is 0 Å². The van der Waals surface area contributed by atoms with Crippen LogP contribution in [0, 0.1) is 35.5 Å². The highest BCUT2D eigenvalue weighted by molar-refractivity contribution is 5.98. The van der Waals surface area contributed by atoms with Crippen LogP contribution in [0.25, 0.3) is 0 Å². The maximum atomic E-state index is 12.9. The van der Waals surface area contributed by atoms with Gasteiger partial charge in [0.1, 0.15) is 0 Å². The van der Waals surface area contributed by atoms with Crippen molar-refractivity contribution in [3.05, 3.63) is 48.0 Å². The van der Waals surface area contributed by atoms with Crippen LogP contribution < -0.4 is 0 Å². The summed E-state index contributed by atoms with van der Waals surface area (Å²) in [7, 11) is 0. The average molecular weight is 368 g/mol. The van der Waals surface area contributed by atoms with Crippen molar-refractivity contribution >= 4 is 17.7 Å². The lowest BCUT2D eigenvalue weighted by Gasteiger charge is -2.41. The average Bonchev–Trinajstić information content (AvgIpc) is 3.52. The number of allylic oxidation sites excluding steroid dienone is 2. The van der Waals surface area contributed by atoms with E-state index in [9.17, 15) is 14.4 Å². The van der Waals surface area contributed by atoms with Gasteiger partial charge in [-0.3, -0.25) is 14.4 Å². The van der Waals surface area contributed by atoms with Crippen molar-refractivity contribution in [1.82, 2.24) is 0 Å². The lowest BCUT2D eigenvalue weighted by Crippen LogP contribution is -2.48. The van der Waals surface area contributed by atoms with Crippen LogP contribution in [-0.4, -0.2) is 30.9 Å². The van der Waals surface area contributed by atoms with E-state index in [0.29, 0.717) is 24.0 Å². The minimum atomic E-state index is -0.545. The van der Waals surface area contributed by atoms with E-state index >= 15 is 0 Å². The Labute approximate surface area is 158 Å². The minimum Gasteiger partial charge on any atom is -0.465 e. The number of fused-ring (bicyclic) bond motifs is 1. The molecule has 6 atom stereocenters. The van der Waals surface area contributed by atoms with Crippen LogP contribution in [-0.2, 0) is 19.1 Å². The van der Waals surface area contributed by atoms with Gasteiger partial charge in [-0.05, 0) is 36.5 Å². The summed E-state index contributed by atoms with van der Waals surface area (Å²) in [6, 6.07) is 8.76. The highest BCUT2D eigenvalue weighted by Gasteiger charge is 2.63. The number of esters is 2. The van der Waals surface area contributed by atoms with Gasteiger partial charge in [0.05, 0.1) is 18.4 Å². The zero-order valence-electron chi connectivity index (χ0n) is 15.4. The van der Waals surface area contributed by atoms with Gasteiger partial charge in [0.25, 0.3) is 0 Å². The molecule has 4 aliphatic rings. The minimum absolute atomic E-state index is 0.0125. The Morgan fingerprint density at radius 1 is 0.926 bits per heavy atom. The Bertz CT molecular complexity index is 768. The quantitative estimate of drug-likeness (QED) is 0.420. The smallest absolute Gasteiger partial charge is 0.310 e. The Morgan fingerprint density at radius 3 is 2.11 bits per heavy atom. The Kier molecular flexibility index (Phi) is 4.85. The predicted molar refractivity (Wildman–Crippen MR) is 97.7 cm³/mol. The summed E-state index contributed by atoms with van der Waals surface area (Å²) in [5, 5.41) is 0.